The van der Waals surface area contributed by atoms with Gasteiger partial charge in [-0.15, -0.1) is 5.10 Å². The molecule has 15 heavy (non-hydrogen) atoms. The molecule has 7 nitrogen and oxygen atoms in total. The molecule has 0 atom stereocenters. The van der Waals surface area contributed by atoms with Crippen molar-refractivity contribution in [1.29, 1.82) is 0 Å². The van der Waals surface area contributed by atoms with Gasteiger partial charge in [0.1, 0.15) is 21.2 Å². The van der Waals surface area contributed by atoms with E-state index in [0.29, 0.717) is 10.4 Å². The van der Waals surface area contributed by atoms with Crippen LogP contribution in [-0.4, -0.2) is 33.3 Å². The fraction of sp³-hybridized carbons (Fsp3) is 0. The molecular weight excluding hydrogens is 249 g/mol. The van der Waals surface area contributed by atoms with Gasteiger partial charge in [0.25, 0.3) is 0 Å². The molecule has 74 valence electrons. The summed E-state index contributed by atoms with van der Waals surface area (Å²) in [6.45, 7) is 0. The first-order valence-corrected chi connectivity index (χ1v) is 4.90. The van der Waals surface area contributed by atoms with Crippen LogP contribution in [0, 0.1) is 0 Å². The van der Waals surface area contributed by atoms with Gasteiger partial charge in [0.15, 0.2) is 0 Å². The first-order valence-electron chi connectivity index (χ1n) is 3.49. The molecule has 0 unspecified atom stereocenters. The molecule has 0 saturated heterocycles. The Morgan fingerprint density at radius 3 is 2.67 bits per heavy atom. The van der Waals surface area contributed by atoms with Crippen molar-refractivity contribution in [2.45, 2.75) is 4.90 Å². The van der Waals surface area contributed by atoms with E-state index in [1.165, 1.54) is 6.07 Å². The Hall–Kier alpha value is -0.0336. The van der Waals surface area contributed by atoms with Crippen molar-refractivity contribution < 1.29 is 69.6 Å². The van der Waals surface area contributed by atoms with Crippen LogP contribution in [0.5, 0.6) is 0 Å². The molecule has 2 rings (SSSR count). The predicted octanol–water partition coefficient (Wildman–Crippen LogP) is -3.42. The van der Waals surface area contributed by atoms with Crippen molar-refractivity contribution in [3.8, 4) is 0 Å². The summed E-state index contributed by atoms with van der Waals surface area (Å²) in [5.41, 5.74) is 0.377. The summed E-state index contributed by atoms with van der Waals surface area (Å²) in [5.74, 6) is 0. The van der Waals surface area contributed by atoms with Crippen LogP contribution in [0.3, 0.4) is 0 Å². The maximum atomic E-state index is 10.6. The molecule has 9 heteroatoms. The minimum Gasteiger partial charge on any atom is -0.744 e. The number of rotatable bonds is 1. The molecule has 0 radical (unpaired) electrons. The summed E-state index contributed by atoms with van der Waals surface area (Å²) < 4.78 is 31.9. The Morgan fingerprint density at radius 2 is 2.07 bits per heavy atom. The van der Waals surface area contributed by atoms with Gasteiger partial charge >= 0.3 is 51.4 Å². The molecule has 2 aromatic rings. The Labute approximate surface area is 127 Å². The molecule has 1 N–H and O–H groups in total. The topological polar surface area (TPSA) is 108 Å². The molecule has 0 aliphatic carbocycles. The predicted molar refractivity (Wildman–Crippen MR) is 42.7 cm³/mol. The molecule has 0 spiro atoms. The second-order valence-corrected chi connectivity index (χ2v) is 3.96. The molecule has 1 aromatic heterocycles. The van der Waals surface area contributed by atoms with Gasteiger partial charge in [0.05, 0.1) is 4.90 Å². The Morgan fingerprint density at radius 1 is 1.40 bits per heavy atom. The summed E-state index contributed by atoms with van der Waals surface area (Å²) in [5, 5.41) is 15.8. The maximum Gasteiger partial charge on any atom is 1.00 e. The number of hydrogen-bond donors (Lipinski definition) is 1. The molecular formula is C6H4KN3O4S. The first kappa shape index (κ1) is 13.0. The monoisotopic (exact) mass is 253 g/mol. The van der Waals surface area contributed by atoms with Crippen LogP contribution in [0.15, 0.2) is 23.1 Å². The van der Waals surface area contributed by atoms with Crippen LogP contribution in [0.4, 0.5) is 0 Å². The third-order valence-electron chi connectivity index (χ3n) is 1.69. The van der Waals surface area contributed by atoms with E-state index in [9.17, 15) is 13.0 Å². The summed E-state index contributed by atoms with van der Waals surface area (Å²) in [6, 6.07) is 3.41. The summed E-state index contributed by atoms with van der Waals surface area (Å²) in [7, 11) is -4.52. The summed E-state index contributed by atoms with van der Waals surface area (Å²) >= 11 is 0. The number of hydrogen-bond acceptors (Lipinski definition) is 6. The van der Waals surface area contributed by atoms with Gasteiger partial charge in [0.2, 0.25) is 0 Å². The van der Waals surface area contributed by atoms with Crippen LogP contribution in [-0.2, 0) is 10.1 Å². The molecule has 0 saturated carbocycles. The molecule has 0 aliphatic heterocycles. The largest absolute Gasteiger partial charge is 1.00 e. The van der Waals surface area contributed by atoms with Gasteiger partial charge in [-0.2, -0.15) is 0 Å². The molecule has 0 fully saturated rings. The second kappa shape index (κ2) is 4.45. The van der Waals surface area contributed by atoms with E-state index >= 15 is 0 Å². The molecule has 0 amide bonds. The third-order valence-corrected chi connectivity index (χ3v) is 2.52. The SMILES string of the molecule is O=S(=O)([O-])c1ccc2nnn(O)c2c1.[K+]. The number of aromatic nitrogens is 3. The molecule has 0 aliphatic rings. The van der Waals surface area contributed by atoms with Crippen LogP contribution < -0.4 is 51.4 Å². The number of benzene rings is 1. The number of nitrogens with zero attached hydrogens (tertiary/aromatic N) is 3. The van der Waals surface area contributed by atoms with Crippen LogP contribution in [0.2, 0.25) is 0 Å². The molecule has 1 aromatic carbocycles. The van der Waals surface area contributed by atoms with Gasteiger partial charge in [-0.3, -0.25) is 0 Å². The standard InChI is InChI=1S/C6H5N3O4S.K/c10-9-6-3-4(14(11,12)13)1-2-5(6)7-8-9;/h1-3,10H,(H,11,12,13);/q;+1/p-1. The Kier molecular flexibility index (Phi) is 3.87. The van der Waals surface area contributed by atoms with E-state index in [2.05, 4.69) is 10.3 Å². The first-order chi connectivity index (χ1) is 6.48. The molecule has 1 heterocycles. The maximum absolute atomic E-state index is 10.6. The van der Waals surface area contributed by atoms with Gasteiger partial charge < -0.3 is 9.76 Å². The van der Waals surface area contributed by atoms with E-state index < -0.39 is 15.0 Å². The molecule has 0 bridgehead atoms. The van der Waals surface area contributed by atoms with Crippen molar-refractivity contribution in [1.82, 2.24) is 15.2 Å². The van der Waals surface area contributed by atoms with Crippen molar-refractivity contribution in [2.75, 3.05) is 0 Å². The Bertz CT molecular complexity index is 593. The van der Waals surface area contributed by atoms with Crippen molar-refractivity contribution in [3.05, 3.63) is 18.2 Å². The number of fused-ring (bicyclic) bond motifs is 1. The van der Waals surface area contributed by atoms with Crippen LogP contribution in [0.25, 0.3) is 11.0 Å². The zero-order chi connectivity index (χ0) is 10.3. The quantitative estimate of drug-likeness (QED) is 0.322. The Balaban J connectivity index is 0.00000112. The van der Waals surface area contributed by atoms with E-state index in [1.54, 1.807) is 0 Å². The van der Waals surface area contributed by atoms with E-state index in [-0.39, 0.29) is 56.9 Å². The van der Waals surface area contributed by atoms with Crippen LogP contribution in [0.1, 0.15) is 0 Å². The fourth-order valence-corrected chi connectivity index (χ4v) is 1.53. The van der Waals surface area contributed by atoms with Crippen molar-refractivity contribution in [3.63, 3.8) is 0 Å². The summed E-state index contributed by atoms with van der Waals surface area (Å²) in [6.07, 6.45) is 0. The van der Waals surface area contributed by atoms with Crippen LogP contribution >= 0.6 is 0 Å². The average Bonchev–Trinajstić information content (AvgIpc) is 2.46. The zero-order valence-electron chi connectivity index (χ0n) is 7.65. The van der Waals surface area contributed by atoms with Crippen molar-refractivity contribution in [2.24, 2.45) is 0 Å². The van der Waals surface area contributed by atoms with Gasteiger partial charge in [-0.05, 0) is 23.4 Å². The average molecular weight is 253 g/mol. The van der Waals surface area contributed by atoms with E-state index in [0.717, 1.165) is 12.1 Å². The summed E-state index contributed by atoms with van der Waals surface area (Å²) in [4.78, 5) is -0.0214. The second-order valence-electron chi connectivity index (χ2n) is 2.58. The minimum absolute atomic E-state index is 0. The fourth-order valence-electron chi connectivity index (χ4n) is 1.04. The minimum atomic E-state index is -4.52. The smallest absolute Gasteiger partial charge is 0.744 e. The van der Waals surface area contributed by atoms with Gasteiger partial charge in [-0.25, -0.2) is 8.42 Å². The third kappa shape index (κ3) is 2.56. The van der Waals surface area contributed by atoms with E-state index in [4.69, 9.17) is 5.21 Å². The van der Waals surface area contributed by atoms with E-state index in [1.807, 2.05) is 0 Å². The van der Waals surface area contributed by atoms with Crippen molar-refractivity contribution >= 4 is 21.2 Å². The normalized spacial score (nSPS) is 11.3. The van der Waals surface area contributed by atoms with Gasteiger partial charge in [-0.1, -0.05) is 4.85 Å². The zero-order valence-corrected chi connectivity index (χ0v) is 11.6. The van der Waals surface area contributed by atoms with Gasteiger partial charge in [0, 0.05) is 0 Å².